The van der Waals surface area contributed by atoms with Crippen LogP contribution in [0.15, 0.2) is 122 Å². The Labute approximate surface area is 368 Å². The molecule has 328 valence electrons. The lowest BCUT2D eigenvalue weighted by Crippen LogP contribution is -2.39. The zero-order valence-electron chi connectivity index (χ0n) is 36.2. The van der Waals surface area contributed by atoms with Crippen LogP contribution in [0.2, 0.25) is 0 Å². The highest BCUT2D eigenvalue weighted by atomic mass is 31.2. The Kier molecular flexibility index (Phi) is 14.8. The highest BCUT2D eigenvalue weighted by Gasteiger charge is 2.45. The highest BCUT2D eigenvalue weighted by Crippen LogP contribution is 2.51. The van der Waals surface area contributed by atoms with E-state index in [1.807, 2.05) is 78.9 Å². The average molecular weight is 875 g/mol. The van der Waals surface area contributed by atoms with Crippen LogP contribution < -0.4 is 14.8 Å². The first kappa shape index (κ1) is 45.3. The van der Waals surface area contributed by atoms with E-state index in [1.54, 1.807) is 49.1 Å². The normalized spacial score (nSPS) is 17.0. The summed E-state index contributed by atoms with van der Waals surface area (Å²) < 4.78 is 58.7. The third-order valence-corrected chi connectivity index (χ3v) is 13.0. The molecule has 2 aromatic heterocycles. The number of ether oxygens (including phenoxy) is 4. The summed E-state index contributed by atoms with van der Waals surface area (Å²) in [6.45, 7) is 8.46. The van der Waals surface area contributed by atoms with Gasteiger partial charge in [-0.3, -0.25) is 4.79 Å². The third kappa shape index (κ3) is 9.90. The summed E-state index contributed by atoms with van der Waals surface area (Å²) in [5.74, 6) is 0.332. The van der Waals surface area contributed by atoms with Crippen molar-refractivity contribution in [3.05, 3.63) is 150 Å². The summed E-state index contributed by atoms with van der Waals surface area (Å²) in [7, 11) is 1.52. The predicted octanol–water partition coefficient (Wildman–Crippen LogP) is 9.80. The van der Waals surface area contributed by atoms with Gasteiger partial charge in [-0.1, -0.05) is 72.8 Å². The van der Waals surface area contributed by atoms with Gasteiger partial charge in [0.25, 0.3) is 14.4 Å². The number of rotatable bonds is 19. The Hall–Kier alpha value is -5.78. The smallest absolute Gasteiger partial charge is 0.259 e. The molecule has 13 nitrogen and oxygen atoms in total. The Bertz CT molecular complexity index is 2410. The first-order valence-corrected chi connectivity index (χ1v) is 22.0. The molecule has 4 aromatic carbocycles. The van der Waals surface area contributed by atoms with Crippen molar-refractivity contribution in [2.45, 2.75) is 76.7 Å². The second-order valence-corrected chi connectivity index (χ2v) is 16.9. The zero-order valence-corrected chi connectivity index (χ0v) is 37.1. The Morgan fingerprint density at radius 3 is 2.06 bits per heavy atom. The number of hydrogen-bond donors (Lipinski definition) is 1. The number of fused-ring (bicyclic) bond motifs is 1. The number of nitriles is 1. The van der Waals surface area contributed by atoms with Crippen molar-refractivity contribution in [3.63, 3.8) is 0 Å². The van der Waals surface area contributed by atoms with Gasteiger partial charge in [-0.2, -0.15) is 5.26 Å². The molecule has 1 N–H and O–H groups in total. The number of hydrogen-bond acceptors (Lipinski definition) is 11. The van der Waals surface area contributed by atoms with Crippen LogP contribution in [0, 0.1) is 17.1 Å². The molecule has 0 saturated carbocycles. The molecule has 7 rings (SSSR count). The molecule has 15 heteroatoms. The molecular formula is C48H52FN6O7P. The number of anilines is 1. The number of nitrogens with one attached hydrogen (secondary N) is 1. The Morgan fingerprint density at radius 2 is 1.49 bits per heavy atom. The van der Waals surface area contributed by atoms with E-state index in [2.05, 4.69) is 53.7 Å². The van der Waals surface area contributed by atoms with E-state index in [9.17, 15) is 10.1 Å². The number of benzene rings is 4. The lowest BCUT2D eigenvalue weighted by molar-refractivity contribution is -0.0911. The maximum Gasteiger partial charge on any atom is 0.259 e. The van der Waals surface area contributed by atoms with Crippen molar-refractivity contribution in [2.75, 3.05) is 32.8 Å². The molecule has 1 unspecified atom stereocenters. The minimum Gasteiger partial charge on any atom is -0.497 e. The van der Waals surface area contributed by atoms with E-state index >= 15 is 4.39 Å². The number of halogens is 1. The number of aromatic nitrogens is 3. The number of carbonyl (C=O) groups is 1. The van der Waals surface area contributed by atoms with Crippen LogP contribution in [0.25, 0.3) is 11.0 Å². The fourth-order valence-electron chi connectivity index (χ4n) is 7.95. The van der Waals surface area contributed by atoms with E-state index in [4.69, 9.17) is 28.0 Å². The fourth-order valence-corrected chi connectivity index (χ4v) is 9.71. The lowest BCUT2D eigenvalue weighted by Gasteiger charge is -2.39. The molecule has 1 fully saturated rings. The van der Waals surface area contributed by atoms with Crippen molar-refractivity contribution in [1.29, 1.82) is 5.26 Å². The summed E-state index contributed by atoms with van der Waals surface area (Å²) in [5.41, 5.74) is 1.98. The Balaban J connectivity index is 1.30. The summed E-state index contributed by atoms with van der Waals surface area (Å²) in [6, 6.07) is 36.3. The van der Waals surface area contributed by atoms with E-state index in [0.717, 1.165) is 16.7 Å². The summed E-state index contributed by atoms with van der Waals surface area (Å²) >= 11 is 0. The number of nitrogens with zero attached hydrogens (tertiary/aromatic N) is 5. The maximum absolute atomic E-state index is 16.2. The molecule has 3 heterocycles. The molecule has 6 aromatic rings. The minimum absolute atomic E-state index is 0.00783. The van der Waals surface area contributed by atoms with Gasteiger partial charge in [0.1, 0.15) is 41.6 Å². The van der Waals surface area contributed by atoms with E-state index in [-0.39, 0.29) is 55.0 Å². The van der Waals surface area contributed by atoms with Gasteiger partial charge in [-0.15, -0.1) is 0 Å². The molecule has 0 aliphatic carbocycles. The van der Waals surface area contributed by atoms with Gasteiger partial charge < -0.3 is 37.9 Å². The summed E-state index contributed by atoms with van der Waals surface area (Å²) in [4.78, 5) is 21.9. The molecule has 1 aliphatic rings. The second kappa shape index (κ2) is 20.6. The van der Waals surface area contributed by atoms with Gasteiger partial charge in [0.05, 0.1) is 51.4 Å². The van der Waals surface area contributed by atoms with Gasteiger partial charge in [-0.05, 0) is 80.8 Å². The second-order valence-electron chi connectivity index (χ2n) is 15.5. The summed E-state index contributed by atoms with van der Waals surface area (Å²) in [5, 5.41) is 12.2. The van der Waals surface area contributed by atoms with Crippen LogP contribution in [0.5, 0.6) is 11.5 Å². The van der Waals surface area contributed by atoms with Crippen LogP contribution in [0.3, 0.4) is 0 Å². The Morgan fingerprint density at radius 1 is 0.905 bits per heavy atom. The minimum atomic E-state index is -1.73. The van der Waals surface area contributed by atoms with Crippen LogP contribution in [0.4, 0.5) is 10.2 Å². The average Bonchev–Trinajstić information content (AvgIpc) is 3.87. The maximum atomic E-state index is 16.2. The zero-order chi connectivity index (χ0) is 44.5. The molecule has 4 atom stereocenters. The van der Waals surface area contributed by atoms with Gasteiger partial charge in [0, 0.05) is 30.3 Å². The lowest BCUT2D eigenvalue weighted by atomic mass is 9.80. The molecule has 1 amide bonds. The number of amides is 1. The summed E-state index contributed by atoms with van der Waals surface area (Å²) in [6.07, 6.45) is 0.851. The van der Waals surface area contributed by atoms with Gasteiger partial charge in [0.2, 0.25) is 0 Å². The highest BCUT2D eigenvalue weighted by molar-refractivity contribution is 7.44. The third-order valence-electron chi connectivity index (χ3n) is 10.8. The van der Waals surface area contributed by atoms with Gasteiger partial charge in [0.15, 0.2) is 11.5 Å². The quantitative estimate of drug-likeness (QED) is 0.0472. The molecule has 1 aliphatic heterocycles. The van der Waals surface area contributed by atoms with Crippen molar-refractivity contribution in [2.24, 2.45) is 0 Å². The molecule has 1 saturated heterocycles. The van der Waals surface area contributed by atoms with E-state index in [0.29, 0.717) is 17.1 Å². The SMILES string of the molecule is COc1ccc(C(OC[C@H]2O[C@@H](n3cc(F)c4c(NC(=O)c5ccccc5)ncnc43)C[C@@H]2OP(OCCC#N)N(C(C)C)C(C)C)(c2ccccc2)c2ccc(OC)cc2)cc1. The predicted molar refractivity (Wildman–Crippen MR) is 239 cm³/mol. The van der Waals surface area contributed by atoms with Crippen molar-refractivity contribution in [1.82, 2.24) is 19.2 Å². The van der Waals surface area contributed by atoms with Crippen LogP contribution >= 0.6 is 8.53 Å². The van der Waals surface area contributed by atoms with E-state index < -0.39 is 44.3 Å². The topological polar surface area (TPSA) is 142 Å². The molecule has 0 radical (unpaired) electrons. The molecule has 0 bridgehead atoms. The number of methoxy groups -OCH3 is 2. The van der Waals surface area contributed by atoms with Gasteiger partial charge in [-0.25, -0.2) is 19.0 Å². The van der Waals surface area contributed by atoms with E-state index in [1.165, 1.54) is 12.5 Å². The number of carbonyl (C=O) groups excluding carboxylic acids is 1. The van der Waals surface area contributed by atoms with Crippen molar-refractivity contribution >= 4 is 31.3 Å². The van der Waals surface area contributed by atoms with Crippen molar-refractivity contribution in [3.8, 4) is 17.6 Å². The molecule has 0 spiro atoms. The molecular weight excluding hydrogens is 823 g/mol. The standard InChI is InChI=1S/C48H52FN6O7P/c1-32(2)55(33(3)4)63(60-27-13-26-50)62-41-28-43(54-29-40(49)44-45(51-31-52-46(44)54)53-47(56)34-14-9-7-10-15-34)61-42(41)30-59-48(35-16-11-8-12-17-35,36-18-22-38(57-5)23-19-36)37-20-24-39(58-6)25-21-37/h7-12,14-25,29,31-33,41-43H,13,27-28,30H2,1-6H3,(H,51,52,53,56)/t41-,42+,43+,63?/m0/s1. The van der Waals surface area contributed by atoms with Crippen LogP contribution in [-0.4, -0.2) is 76.8 Å². The first-order valence-electron chi connectivity index (χ1n) is 20.8. The monoisotopic (exact) mass is 874 g/mol. The van der Waals surface area contributed by atoms with Crippen LogP contribution in [-0.2, 0) is 24.1 Å². The van der Waals surface area contributed by atoms with Crippen molar-refractivity contribution < 1.29 is 37.2 Å². The van der Waals surface area contributed by atoms with Gasteiger partial charge >= 0.3 is 0 Å². The fraction of sp³-hybridized carbons (Fsp3) is 0.333. The molecule has 63 heavy (non-hydrogen) atoms. The first-order chi connectivity index (χ1) is 30.6. The largest absolute Gasteiger partial charge is 0.497 e. The van der Waals surface area contributed by atoms with Crippen LogP contribution in [0.1, 0.15) is 73.8 Å².